The molecular weight excluding hydrogens is 611 g/mol. The van der Waals surface area contributed by atoms with E-state index in [1.807, 2.05) is 12.1 Å². The molecule has 4 rings (SSSR count). The Kier molecular flexibility index (Phi) is 7.42. The van der Waals surface area contributed by atoms with Crippen LogP contribution in [0.3, 0.4) is 0 Å². The summed E-state index contributed by atoms with van der Waals surface area (Å²) in [5.41, 5.74) is 1.52. The van der Waals surface area contributed by atoms with Crippen LogP contribution in [0.4, 0.5) is 10.5 Å². The number of urea groups is 1. The fraction of sp³-hybridized carbons (Fsp3) is 0.0417. The molecule has 10 heteroatoms. The van der Waals surface area contributed by atoms with Gasteiger partial charge < -0.3 is 4.74 Å². The number of carbonyl (C=O) groups is 3. The fourth-order valence-electron chi connectivity index (χ4n) is 3.21. The van der Waals surface area contributed by atoms with Crippen LogP contribution < -0.4 is 15.0 Å². The number of anilines is 1. The van der Waals surface area contributed by atoms with Gasteiger partial charge in [-0.3, -0.25) is 14.9 Å². The van der Waals surface area contributed by atoms with Gasteiger partial charge in [0.1, 0.15) is 17.9 Å². The van der Waals surface area contributed by atoms with Gasteiger partial charge in [-0.15, -0.1) is 0 Å². The van der Waals surface area contributed by atoms with Crippen LogP contribution in [0.15, 0.2) is 75.2 Å². The van der Waals surface area contributed by atoms with Crippen molar-refractivity contribution >= 4 is 84.7 Å². The van der Waals surface area contributed by atoms with Gasteiger partial charge in [0.25, 0.3) is 11.8 Å². The highest BCUT2D eigenvalue weighted by atomic mass is 79.9. The molecule has 0 saturated carbocycles. The van der Waals surface area contributed by atoms with Crippen molar-refractivity contribution < 1.29 is 19.1 Å². The Bertz CT molecular complexity index is 1320. The van der Waals surface area contributed by atoms with E-state index in [1.165, 1.54) is 12.1 Å². The van der Waals surface area contributed by atoms with Crippen molar-refractivity contribution in [1.82, 2.24) is 5.32 Å². The van der Waals surface area contributed by atoms with Gasteiger partial charge in [-0.25, -0.2) is 9.69 Å². The minimum absolute atomic E-state index is 0.201. The molecule has 0 aromatic heterocycles. The molecule has 1 N–H and O–H groups in total. The first-order chi connectivity index (χ1) is 16.2. The number of rotatable bonds is 5. The summed E-state index contributed by atoms with van der Waals surface area (Å²) in [7, 11) is 0. The normalized spacial score (nSPS) is 15.0. The molecule has 1 fully saturated rings. The predicted molar refractivity (Wildman–Crippen MR) is 138 cm³/mol. The minimum atomic E-state index is -0.845. The number of nitrogens with one attached hydrogen (secondary N) is 1. The summed E-state index contributed by atoms with van der Waals surface area (Å²) in [4.78, 5) is 38.7. The second-order valence-electron chi connectivity index (χ2n) is 7.17. The van der Waals surface area contributed by atoms with E-state index in [9.17, 15) is 14.4 Å². The number of halogens is 4. The number of benzene rings is 3. The third-order valence-corrected chi connectivity index (χ3v) is 6.46. The van der Waals surface area contributed by atoms with Gasteiger partial charge in [-0.05, 0) is 91.5 Å². The first kappa shape index (κ1) is 24.5. The first-order valence-electron chi connectivity index (χ1n) is 9.76. The van der Waals surface area contributed by atoms with Crippen LogP contribution in [0.1, 0.15) is 11.1 Å². The van der Waals surface area contributed by atoms with Crippen LogP contribution >= 0.6 is 55.1 Å². The van der Waals surface area contributed by atoms with E-state index in [1.54, 1.807) is 42.5 Å². The van der Waals surface area contributed by atoms with Crippen LogP contribution in [0, 0.1) is 0 Å². The fourth-order valence-corrected chi connectivity index (χ4v) is 4.97. The van der Waals surface area contributed by atoms with E-state index in [2.05, 4.69) is 37.2 Å². The van der Waals surface area contributed by atoms with E-state index in [4.69, 9.17) is 27.9 Å². The summed E-state index contributed by atoms with van der Waals surface area (Å²) in [6.07, 6.45) is 1.40. The Hall–Kier alpha value is -2.65. The molecule has 1 saturated heterocycles. The van der Waals surface area contributed by atoms with Gasteiger partial charge >= 0.3 is 6.03 Å². The second-order valence-corrected chi connectivity index (χ2v) is 9.75. The Morgan fingerprint density at radius 2 is 1.59 bits per heavy atom. The topological polar surface area (TPSA) is 75.7 Å². The maximum Gasteiger partial charge on any atom is 0.335 e. The number of amides is 4. The lowest BCUT2D eigenvalue weighted by atomic mass is 10.1. The van der Waals surface area contributed by atoms with Gasteiger partial charge in [-0.2, -0.15) is 0 Å². The molecule has 34 heavy (non-hydrogen) atoms. The quantitative estimate of drug-likeness (QED) is 0.251. The highest BCUT2D eigenvalue weighted by Gasteiger charge is 2.36. The number of hydrogen-bond acceptors (Lipinski definition) is 4. The second kappa shape index (κ2) is 10.3. The molecule has 0 bridgehead atoms. The molecule has 1 heterocycles. The Morgan fingerprint density at radius 1 is 0.912 bits per heavy atom. The largest absolute Gasteiger partial charge is 0.487 e. The molecule has 0 unspecified atom stereocenters. The zero-order chi connectivity index (χ0) is 24.4. The summed E-state index contributed by atoms with van der Waals surface area (Å²) < 4.78 is 7.12. The number of ether oxygens (including phenoxy) is 1. The molecule has 3 aromatic rings. The van der Waals surface area contributed by atoms with Gasteiger partial charge in [0.05, 0.1) is 14.6 Å². The Labute approximate surface area is 221 Å². The Balaban J connectivity index is 1.60. The van der Waals surface area contributed by atoms with Crippen molar-refractivity contribution in [2.24, 2.45) is 0 Å². The molecule has 3 aromatic carbocycles. The van der Waals surface area contributed by atoms with Crippen molar-refractivity contribution in [1.29, 1.82) is 0 Å². The number of hydrogen-bond donors (Lipinski definition) is 1. The van der Waals surface area contributed by atoms with Crippen molar-refractivity contribution in [3.63, 3.8) is 0 Å². The smallest absolute Gasteiger partial charge is 0.335 e. The predicted octanol–water partition coefficient (Wildman–Crippen LogP) is 6.76. The summed E-state index contributed by atoms with van der Waals surface area (Å²) in [5, 5.41) is 3.18. The lowest BCUT2D eigenvalue weighted by molar-refractivity contribution is -0.122. The number of carbonyl (C=O) groups excluding carboxylic acids is 3. The Morgan fingerprint density at radius 3 is 2.24 bits per heavy atom. The van der Waals surface area contributed by atoms with E-state index in [-0.39, 0.29) is 11.3 Å². The van der Waals surface area contributed by atoms with Gasteiger partial charge in [0.2, 0.25) is 0 Å². The summed E-state index contributed by atoms with van der Waals surface area (Å²) in [6.45, 7) is 0.312. The third kappa shape index (κ3) is 5.36. The van der Waals surface area contributed by atoms with Crippen LogP contribution in [0.5, 0.6) is 5.75 Å². The summed E-state index contributed by atoms with van der Waals surface area (Å²) in [5.74, 6) is -0.998. The van der Waals surface area contributed by atoms with E-state index < -0.39 is 17.8 Å². The van der Waals surface area contributed by atoms with Crippen molar-refractivity contribution in [3.05, 3.63) is 96.4 Å². The van der Waals surface area contributed by atoms with Crippen LogP contribution in [0.2, 0.25) is 10.0 Å². The third-order valence-electron chi connectivity index (χ3n) is 4.80. The molecule has 172 valence electrons. The average molecular weight is 625 g/mol. The monoisotopic (exact) mass is 622 g/mol. The minimum Gasteiger partial charge on any atom is -0.487 e. The highest BCUT2D eigenvalue weighted by Crippen LogP contribution is 2.36. The molecule has 0 radical (unpaired) electrons. The molecular formula is C24H14Br2Cl2N2O4. The van der Waals surface area contributed by atoms with Crippen LogP contribution in [0.25, 0.3) is 6.08 Å². The SMILES string of the molecule is O=C1NC(=O)N(c2cccc(Cl)c2)C(=O)/C1=C/c1cc(Br)c(OCc2ccc(Cl)cc2)c(Br)c1. The first-order valence-corrected chi connectivity index (χ1v) is 12.1. The molecule has 0 spiro atoms. The van der Waals surface area contributed by atoms with E-state index in [0.717, 1.165) is 10.5 Å². The van der Waals surface area contributed by atoms with E-state index >= 15 is 0 Å². The van der Waals surface area contributed by atoms with Crippen molar-refractivity contribution in [2.75, 3.05) is 4.90 Å². The van der Waals surface area contributed by atoms with E-state index in [0.29, 0.717) is 36.9 Å². The lowest BCUT2D eigenvalue weighted by Crippen LogP contribution is -2.54. The van der Waals surface area contributed by atoms with Gasteiger partial charge in [-0.1, -0.05) is 41.4 Å². The van der Waals surface area contributed by atoms with Crippen LogP contribution in [-0.4, -0.2) is 17.8 Å². The standard InChI is InChI=1S/C24H14Br2Cl2N2O4/c25-19-9-14(10-20(26)21(19)34-12-13-4-6-15(27)7-5-13)8-18-22(31)29-24(33)30(23(18)32)17-3-1-2-16(28)11-17/h1-11H,12H2,(H,29,31,33)/b18-8+. The zero-order valence-corrected chi connectivity index (χ0v) is 21.8. The van der Waals surface area contributed by atoms with Crippen LogP contribution in [-0.2, 0) is 16.2 Å². The average Bonchev–Trinajstić information content (AvgIpc) is 2.77. The van der Waals surface area contributed by atoms with Gasteiger partial charge in [0, 0.05) is 10.0 Å². The maximum atomic E-state index is 13.1. The molecule has 1 aliphatic heterocycles. The zero-order valence-electron chi connectivity index (χ0n) is 17.2. The number of imide groups is 2. The highest BCUT2D eigenvalue weighted by molar-refractivity contribution is 9.11. The number of nitrogens with zero attached hydrogens (tertiary/aromatic N) is 1. The molecule has 4 amide bonds. The maximum absolute atomic E-state index is 13.1. The lowest BCUT2D eigenvalue weighted by Gasteiger charge is -2.26. The molecule has 6 nitrogen and oxygen atoms in total. The van der Waals surface area contributed by atoms with Crippen molar-refractivity contribution in [2.45, 2.75) is 6.61 Å². The number of barbiturate groups is 1. The molecule has 1 aliphatic rings. The molecule has 0 atom stereocenters. The van der Waals surface area contributed by atoms with Gasteiger partial charge in [0.15, 0.2) is 0 Å². The molecule has 0 aliphatic carbocycles. The summed E-state index contributed by atoms with van der Waals surface area (Å²) in [6, 6.07) is 16.1. The summed E-state index contributed by atoms with van der Waals surface area (Å²) >= 11 is 18.9. The van der Waals surface area contributed by atoms with Crippen molar-refractivity contribution in [3.8, 4) is 5.75 Å².